The first-order chi connectivity index (χ1) is 13.1. The Hall–Kier alpha value is -2.14. The van der Waals surface area contributed by atoms with Crippen molar-refractivity contribution in [2.75, 3.05) is 12.4 Å². The van der Waals surface area contributed by atoms with Crippen LogP contribution in [0.4, 0.5) is 5.00 Å². The van der Waals surface area contributed by atoms with Gasteiger partial charge in [-0.25, -0.2) is 4.79 Å². The van der Waals surface area contributed by atoms with Gasteiger partial charge in [0, 0.05) is 16.9 Å². The van der Waals surface area contributed by atoms with Crippen molar-refractivity contribution in [3.8, 4) is 11.1 Å². The predicted octanol–water partition coefficient (Wildman–Crippen LogP) is 5.81. The van der Waals surface area contributed by atoms with Gasteiger partial charge >= 0.3 is 5.97 Å². The molecule has 0 spiro atoms. The molecule has 1 amide bonds. The van der Waals surface area contributed by atoms with Gasteiger partial charge in [0.25, 0.3) is 0 Å². The minimum atomic E-state index is -0.416. The molecule has 4 nitrogen and oxygen atoms in total. The molecule has 1 heterocycles. The SMILES string of the molecule is COC(=O)c1c(NC(=O)CCC2CCCCC2)sc(C)c1-c1ccccc1. The average Bonchev–Trinajstić information content (AvgIpc) is 3.02. The molecule has 0 atom stereocenters. The molecule has 1 aliphatic rings. The first kappa shape index (κ1) is 19.6. The van der Waals surface area contributed by atoms with Crippen LogP contribution in [-0.2, 0) is 9.53 Å². The fourth-order valence-corrected chi connectivity index (χ4v) is 4.96. The van der Waals surface area contributed by atoms with Crippen LogP contribution in [0.1, 0.15) is 60.2 Å². The second kappa shape index (κ2) is 9.18. The van der Waals surface area contributed by atoms with Crippen LogP contribution in [-0.4, -0.2) is 19.0 Å². The molecule has 5 heteroatoms. The van der Waals surface area contributed by atoms with Crippen LogP contribution in [0.2, 0.25) is 0 Å². The van der Waals surface area contributed by atoms with Gasteiger partial charge in [0.2, 0.25) is 5.91 Å². The summed E-state index contributed by atoms with van der Waals surface area (Å²) in [7, 11) is 1.37. The van der Waals surface area contributed by atoms with Crippen molar-refractivity contribution in [2.24, 2.45) is 5.92 Å². The topological polar surface area (TPSA) is 55.4 Å². The molecule has 1 N–H and O–H groups in total. The number of ether oxygens (including phenoxy) is 1. The Morgan fingerprint density at radius 3 is 2.52 bits per heavy atom. The van der Waals surface area contributed by atoms with Crippen molar-refractivity contribution in [3.05, 3.63) is 40.8 Å². The highest BCUT2D eigenvalue weighted by Crippen LogP contribution is 2.40. The van der Waals surface area contributed by atoms with Gasteiger partial charge in [0.05, 0.1) is 7.11 Å². The largest absolute Gasteiger partial charge is 0.465 e. The molecule has 1 aromatic carbocycles. The number of esters is 1. The van der Waals surface area contributed by atoms with Crippen molar-refractivity contribution in [3.63, 3.8) is 0 Å². The third-order valence-corrected chi connectivity index (χ3v) is 6.31. The third-order valence-electron chi connectivity index (χ3n) is 5.29. The molecule has 27 heavy (non-hydrogen) atoms. The van der Waals surface area contributed by atoms with Crippen LogP contribution < -0.4 is 5.32 Å². The maximum absolute atomic E-state index is 12.5. The summed E-state index contributed by atoms with van der Waals surface area (Å²) in [4.78, 5) is 26.0. The summed E-state index contributed by atoms with van der Waals surface area (Å²) in [5.74, 6) is 0.224. The predicted molar refractivity (Wildman–Crippen MR) is 110 cm³/mol. The quantitative estimate of drug-likeness (QED) is 0.639. The van der Waals surface area contributed by atoms with E-state index in [-0.39, 0.29) is 5.91 Å². The number of methoxy groups -OCH3 is 1. The summed E-state index contributed by atoms with van der Waals surface area (Å²) in [6.07, 6.45) is 7.78. The lowest BCUT2D eigenvalue weighted by Gasteiger charge is -2.20. The van der Waals surface area contributed by atoms with E-state index in [4.69, 9.17) is 4.74 Å². The number of hydrogen-bond donors (Lipinski definition) is 1. The van der Waals surface area contributed by atoms with E-state index in [9.17, 15) is 9.59 Å². The Kier molecular flexibility index (Phi) is 6.67. The minimum absolute atomic E-state index is 0.0217. The van der Waals surface area contributed by atoms with Crippen LogP contribution in [0.25, 0.3) is 11.1 Å². The number of amides is 1. The van der Waals surface area contributed by atoms with Crippen LogP contribution >= 0.6 is 11.3 Å². The van der Waals surface area contributed by atoms with E-state index in [1.807, 2.05) is 37.3 Å². The summed E-state index contributed by atoms with van der Waals surface area (Å²) in [5, 5.41) is 3.56. The molecule has 0 unspecified atom stereocenters. The van der Waals surface area contributed by atoms with E-state index in [1.165, 1.54) is 50.6 Å². The molecule has 1 aliphatic carbocycles. The zero-order valence-electron chi connectivity index (χ0n) is 16.0. The molecule has 144 valence electrons. The first-order valence-electron chi connectivity index (χ1n) is 9.67. The van der Waals surface area contributed by atoms with Gasteiger partial charge in [-0.3, -0.25) is 4.79 Å². The number of thiophene rings is 1. The maximum Gasteiger partial charge on any atom is 0.341 e. The van der Waals surface area contributed by atoms with Crippen molar-refractivity contribution in [1.29, 1.82) is 0 Å². The molecule has 1 aromatic heterocycles. The highest BCUT2D eigenvalue weighted by atomic mass is 32.1. The summed E-state index contributed by atoms with van der Waals surface area (Å²) in [6, 6.07) is 9.76. The van der Waals surface area contributed by atoms with E-state index in [0.29, 0.717) is 22.9 Å². The van der Waals surface area contributed by atoms with E-state index in [0.717, 1.165) is 22.4 Å². The summed E-state index contributed by atoms with van der Waals surface area (Å²) in [6.45, 7) is 1.97. The smallest absolute Gasteiger partial charge is 0.341 e. The maximum atomic E-state index is 12.5. The molecular weight excluding hydrogens is 358 g/mol. The Morgan fingerprint density at radius 2 is 1.85 bits per heavy atom. The molecule has 0 radical (unpaired) electrons. The van der Waals surface area contributed by atoms with Crippen LogP contribution in [0.3, 0.4) is 0 Å². The fraction of sp³-hybridized carbons (Fsp3) is 0.455. The zero-order chi connectivity index (χ0) is 19.2. The molecule has 3 rings (SSSR count). The number of benzene rings is 1. The van der Waals surface area contributed by atoms with E-state index >= 15 is 0 Å². The lowest BCUT2D eigenvalue weighted by atomic mass is 9.86. The number of aryl methyl sites for hydroxylation is 1. The van der Waals surface area contributed by atoms with E-state index in [1.54, 1.807) is 0 Å². The summed E-state index contributed by atoms with van der Waals surface area (Å²) >= 11 is 1.44. The molecule has 0 aliphatic heterocycles. The Bertz CT molecular complexity index is 791. The molecule has 0 bridgehead atoms. The molecular formula is C22H27NO3S. The highest BCUT2D eigenvalue weighted by Gasteiger charge is 2.25. The van der Waals surface area contributed by atoms with Gasteiger partial charge in [0.1, 0.15) is 10.6 Å². The van der Waals surface area contributed by atoms with Gasteiger partial charge in [-0.1, -0.05) is 62.4 Å². The molecule has 1 saturated carbocycles. The minimum Gasteiger partial charge on any atom is -0.465 e. The number of rotatable bonds is 6. The number of nitrogens with one attached hydrogen (secondary N) is 1. The Labute approximate surface area is 164 Å². The number of carbonyl (C=O) groups excluding carboxylic acids is 2. The molecule has 2 aromatic rings. The standard InChI is InChI=1S/C22H27NO3S/c1-15-19(17-11-7-4-8-12-17)20(22(25)26-2)21(27-15)23-18(24)14-13-16-9-5-3-6-10-16/h4,7-8,11-12,16H,3,5-6,9-10,13-14H2,1-2H3,(H,23,24). The average molecular weight is 386 g/mol. The van der Waals surface area contributed by atoms with E-state index < -0.39 is 5.97 Å². The van der Waals surface area contributed by atoms with Gasteiger partial charge in [-0.2, -0.15) is 0 Å². The second-order valence-electron chi connectivity index (χ2n) is 7.19. The molecule has 1 fully saturated rings. The van der Waals surface area contributed by atoms with Crippen molar-refractivity contribution in [1.82, 2.24) is 0 Å². The van der Waals surface area contributed by atoms with Crippen molar-refractivity contribution >= 4 is 28.2 Å². The van der Waals surface area contributed by atoms with Crippen LogP contribution in [0.5, 0.6) is 0 Å². The first-order valence-corrected chi connectivity index (χ1v) is 10.5. The zero-order valence-corrected chi connectivity index (χ0v) is 16.9. The Balaban J connectivity index is 1.78. The lowest BCUT2D eigenvalue weighted by molar-refractivity contribution is -0.116. The van der Waals surface area contributed by atoms with Gasteiger partial charge in [-0.05, 0) is 24.8 Å². The fourth-order valence-electron chi connectivity index (χ4n) is 3.88. The number of hydrogen-bond acceptors (Lipinski definition) is 4. The highest BCUT2D eigenvalue weighted by molar-refractivity contribution is 7.17. The Morgan fingerprint density at radius 1 is 1.15 bits per heavy atom. The van der Waals surface area contributed by atoms with Crippen molar-refractivity contribution in [2.45, 2.75) is 51.9 Å². The second-order valence-corrected chi connectivity index (χ2v) is 8.41. The van der Waals surface area contributed by atoms with Gasteiger partial charge < -0.3 is 10.1 Å². The van der Waals surface area contributed by atoms with Gasteiger partial charge in [0.15, 0.2) is 0 Å². The van der Waals surface area contributed by atoms with E-state index in [2.05, 4.69) is 5.32 Å². The lowest BCUT2D eigenvalue weighted by Crippen LogP contribution is -2.16. The summed E-state index contributed by atoms with van der Waals surface area (Å²) in [5.41, 5.74) is 2.25. The van der Waals surface area contributed by atoms with Gasteiger partial charge in [-0.15, -0.1) is 11.3 Å². The van der Waals surface area contributed by atoms with Crippen LogP contribution in [0, 0.1) is 12.8 Å². The van der Waals surface area contributed by atoms with Crippen molar-refractivity contribution < 1.29 is 14.3 Å². The third kappa shape index (κ3) is 4.78. The monoisotopic (exact) mass is 385 g/mol. The van der Waals surface area contributed by atoms with Crippen LogP contribution in [0.15, 0.2) is 30.3 Å². The number of anilines is 1. The molecule has 0 saturated heterocycles. The normalized spacial score (nSPS) is 14.7. The summed E-state index contributed by atoms with van der Waals surface area (Å²) < 4.78 is 5.01. The number of carbonyl (C=O) groups is 2.